The van der Waals surface area contributed by atoms with Gasteiger partial charge in [-0.3, -0.25) is 0 Å². The average Bonchev–Trinajstić information content (AvgIpc) is 2.61. The van der Waals surface area contributed by atoms with Gasteiger partial charge in [-0.15, -0.1) is 0 Å². The molecule has 0 saturated heterocycles. The van der Waals surface area contributed by atoms with E-state index in [1.165, 1.54) is 16.7 Å². The van der Waals surface area contributed by atoms with Crippen LogP contribution in [0.3, 0.4) is 0 Å². The van der Waals surface area contributed by atoms with Crippen molar-refractivity contribution in [3.8, 4) is 11.4 Å². The van der Waals surface area contributed by atoms with Crippen LogP contribution in [0.15, 0.2) is 22.8 Å². The van der Waals surface area contributed by atoms with Crippen LogP contribution in [0, 0.1) is 13.8 Å². The van der Waals surface area contributed by atoms with Crippen LogP contribution < -0.4 is 5.73 Å². The highest BCUT2D eigenvalue weighted by Crippen LogP contribution is 2.28. The number of nitrogens with zero attached hydrogens (tertiary/aromatic N) is 2. The Morgan fingerprint density at radius 2 is 2.06 bits per heavy atom. The molecule has 0 aliphatic heterocycles. The Labute approximate surface area is 116 Å². The van der Waals surface area contributed by atoms with Gasteiger partial charge in [0.2, 0.25) is 0 Å². The third-order valence-electron chi connectivity index (χ3n) is 3.18. The van der Waals surface area contributed by atoms with Gasteiger partial charge in [0.05, 0.1) is 5.69 Å². The number of benzene rings is 1. The molecule has 1 aromatic carbocycles. The van der Waals surface area contributed by atoms with Gasteiger partial charge in [-0.05, 0) is 48.0 Å². The van der Waals surface area contributed by atoms with Crippen molar-refractivity contribution in [1.29, 1.82) is 0 Å². The Bertz CT molecular complexity index is 573. The molecule has 4 heteroatoms. The molecule has 96 valence electrons. The van der Waals surface area contributed by atoms with Crippen molar-refractivity contribution in [2.75, 3.05) is 6.54 Å². The molecule has 0 saturated carbocycles. The SMILES string of the molecule is Cc1ccc(C)c(-c2nc(Br)c(CCN)n2C)c1. The monoisotopic (exact) mass is 307 g/mol. The van der Waals surface area contributed by atoms with Gasteiger partial charge in [-0.1, -0.05) is 17.7 Å². The summed E-state index contributed by atoms with van der Waals surface area (Å²) in [6.45, 7) is 4.84. The van der Waals surface area contributed by atoms with E-state index in [1.54, 1.807) is 0 Å². The van der Waals surface area contributed by atoms with E-state index in [2.05, 4.69) is 57.5 Å². The molecule has 0 amide bonds. The zero-order valence-electron chi connectivity index (χ0n) is 11.0. The van der Waals surface area contributed by atoms with Crippen molar-refractivity contribution < 1.29 is 0 Å². The van der Waals surface area contributed by atoms with Crippen LogP contribution in [0.2, 0.25) is 0 Å². The summed E-state index contributed by atoms with van der Waals surface area (Å²) in [6, 6.07) is 6.43. The molecule has 2 aromatic rings. The van der Waals surface area contributed by atoms with Crippen LogP contribution in [0.4, 0.5) is 0 Å². The molecule has 2 rings (SSSR count). The van der Waals surface area contributed by atoms with E-state index >= 15 is 0 Å². The fourth-order valence-electron chi connectivity index (χ4n) is 2.12. The number of aromatic nitrogens is 2. The summed E-state index contributed by atoms with van der Waals surface area (Å²) >= 11 is 3.52. The van der Waals surface area contributed by atoms with E-state index in [4.69, 9.17) is 5.73 Å². The highest BCUT2D eigenvalue weighted by Gasteiger charge is 2.15. The van der Waals surface area contributed by atoms with Crippen molar-refractivity contribution in [2.45, 2.75) is 20.3 Å². The van der Waals surface area contributed by atoms with Gasteiger partial charge >= 0.3 is 0 Å². The summed E-state index contributed by atoms with van der Waals surface area (Å²) in [7, 11) is 2.04. The van der Waals surface area contributed by atoms with Crippen LogP contribution in [-0.4, -0.2) is 16.1 Å². The first kappa shape index (κ1) is 13.3. The first-order valence-corrected chi connectivity index (χ1v) is 6.82. The number of aryl methyl sites for hydroxylation is 2. The van der Waals surface area contributed by atoms with Crippen LogP contribution in [0.5, 0.6) is 0 Å². The van der Waals surface area contributed by atoms with Crippen molar-refractivity contribution in [1.82, 2.24) is 9.55 Å². The Hall–Kier alpha value is -1.13. The van der Waals surface area contributed by atoms with Crippen LogP contribution in [0.25, 0.3) is 11.4 Å². The second-order valence-corrected chi connectivity index (χ2v) is 5.34. The van der Waals surface area contributed by atoms with E-state index in [9.17, 15) is 0 Å². The number of hydrogen-bond donors (Lipinski definition) is 1. The van der Waals surface area contributed by atoms with E-state index in [0.717, 1.165) is 22.5 Å². The topological polar surface area (TPSA) is 43.8 Å². The lowest BCUT2D eigenvalue weighted by atomic mass is 10.1. The van der Waals surface area contributed by atoms with Crippen molar-refractivity contribution in [3.63, 3.8) is 0 Å². The van der Waals surface area contributed by atoms with E-state index < -0.39 is 0 Å². The number of halogens is 1. The van der Waals surface area contributed by atoms with E-state index in [0.29, 0.717) is 6.54 Å². The maximum atomic E-state index is 5.64. The predicted octanol–water partition coefficient (Wildman–Crippen LogP) is 2.97. The van der Waals surface area contributed by atoms with E-state index in [-0.39, 0.29) is 0 Å². The lowest BCUT2D eigenvalue weighted by molar-refractivity contribution is 0.807. The highest BCUT2D eigenvalue weighted by atomic mass is 79.9. The molecule has 0 radical (unpaired) electrons. The minimum Gasteiger partial charge on any atom is -0.330 e. The third-order valence-corrected chi connectivity index (χ3v) is 3.81. The molecule has 0 aliphatic carbocycles. The van der Waals surface area contributed by atoms with Crippen molar-refractivity contribution in [2.24, 2.45) is 12.8 Å². The Morgan fingerprint density at radius 1 is 1.33 bits per heavy atom. The second kappa shape index (κ2) is 5.24. The number of imidazole rings is 1. The molecule has 0 atom stereocenters. The van der Waals surface area contributed by atoms with Crippen molar-refractivity contribution >= 4 is 15.9 Å². The zero-order valence-corrected chi connectivity index (χ0v) is 12.6. The molecule has 2 N–H and O–H groups in total. The molecule has 0 aliphatic rings. The maximum Gasteiger partial charge on any atom is 0.141 e. The van der Waals surface area contributed by atoms with Crippen LogP contribution >= 0.6 is 15.9 Å². The average molecular weight is 308 g/mol. The van der Waals surface area contributed by atoms with Gasteiger partial charge in [0, 0.05) is 19.0 Å². The fraction of sp³-hybridized carbons (Fsp3) is 0.357. The van der Waals surface area contributed by atoms with Crippen molar-refractivity contribution in [3.05, 3.63) is 39.6 Å². The summed E-state index contributed by atoms with van der Waals surface area (Å²) in [6.07, 6.45) is 0.828. The molecule has 1 aromatic heterocycles. The van der Waals surface area contributed by atoms with Gasteiger partial charge < -0.3 is 10.3 Å². The van der Waals surface area contributed by atoms with Crippen LogP contribution in [0.1, 0.15) is 16.8 Å². The number of hydrogen-bond acceptors (Lipinski definition) is 2. The smallest absolute Gasteiger partial charge is 0.141 e. The maximum absolute atomic E-state index is 5.64. The molecule has 1 heterocycles. The first-order valence-electron chi connectivity index (χ1n) is 6.03. The quantitative estimate of drug-likeness (QED) is 0.947. The standard InChI is InChI=1S/C14H18BrN3/c1-9-4-5-10(2)11(8-9)14-17-13(15)12(6-7-16)18(14)3/h4-5,8H,6-7,16H2,1-3H3. The highest BCUT2D eigenvalue weighted by molar-refractivity contribution is 9.10. The summed E-state index contributed by atoms with van der Waals surface area (Å²) in [5.74, 6) is 0.992. The second-order valence-electron chi connectivity index (χ2n) is 4.59. The van der Waals surface area contributed by atoms with Crippen LogP contribution in [-0.2, 0) is 13.5 Å². The summed E-state index contributed by atoms with van der Waals surface area (Å²) in [5.41, 5.74) is 10.4. The van der Waals surface area contributed by atoms with E-state index in [1.807, 2.05) is 7.05 Å². The minimum absolute atomic E-state index is 0.629. The first-order chi connectivity index (χ1) is 8.54. The minimum atomic E-state index is 0.629. The molecule has 0 fully saturated rings. The molecular formula is C14H18BrN3. The van der Waals surface area contributed by atoms with Gasteiger partial charge in [0.1, 0.15) is 10.4 Å². The summed E-state index contributed by atoms with van der Waals surface area (Å²) in [4.78, 5) is 4.63. The van der Waals surface area contributed by atoms with Gasteiger partial charge in [0.15, 0.2) is 0 Å². The molecule has 0 spiro atoms. The van der Waals surface area contributed by atoms with Gasteiger partial charge in [0.25, 0.3) is 0 Å². The Balaban J connectivity index is 2.57. The lowest BCUT2D eigenvalue weighted by Crippen LogP contribution is -2.07. The molecule has 0 bridgehead atoms. The largest absolute Gasteiger partial charge is 0.330 e. The predicted molar refractivity (Wildman–Crippen MR) is 78.6 cm³/mol. The molecule has 3 nitrogen and oxygen atoms in total. The normalized spacial score (nSPS) is 10.9. The lowest BCUT2D eigenvalue weighted by Gasteiger charge is -2.08. The third kappa shape index (κ3) is 2.35. The number of rotatable bonds is 3. The summed E-state index contributed by atoms with van der Waals surface area (Å²) < 4.78 is 3.02. The zero-order chi connectivity index (χ0) is 13.3. The van der Waals surface area contributed by atoms with Gasteiger partial charge in [-0.25, -0.2) is 4.98 Å². The van der Waals surface area contributed by atoms with Gasteiger partial charge in [-0.2, -0.15) is 0 Å². The Morgan fingerprint density at radius 3 is 2.72 bits per heavy atom. The fourth-order valence-corrected chi connectivity index (χ4v) is 2.76. The molecular weight excluding hydrogens is 290 g/mol. The molecule has 18 heavy (non-hydrogen) atoms. The Kier molecular flexibility index (Phi) is 3.88. The number of nitrogens with two attached hydrogens (primary N) is 1. The molecule has 0 unspecified atom stereocenters. The summed E-state index contributed by atoms with van der Waals surface area (Å²) in [5, 5.41) is 0.